The molecule has 2 rings (SSSR count). The quantitative estimate of drug-likeness (QED) is 0.738. The zero-order valence-corrected chi connectivity index (χ0v) is 15.9. The Balaban J connectivity index is 1.88. The van der Waals surface area contributed by atoms with Gasteiger partial charge in [0, 0.05) is 22.6 Å². The third-order valence-electron chi connectivity index (χ3n) is 4.00. The Hall–Kier alpha value is -1.56. The Bertz CT molecular complexity index is 633. The lowest BCUT2D eigenvalue weighted by Crippen LogP contribution is -2.34. The van der Waals surface area contributed by atoms with Crippen molar-refractivity contribution >= 4 is 15.9 Å². The van der Waals surface area contributed by atoms with Crippen LogP contribution in [0.4, 0.5) is 0 Å². The summed E-state index contributed by atoms with van der Waals surface area (Å²) in [6.07, 6.45) is -0.573. The van der Waals surface area contributed by atoms with Crippen molar-refractivity contribution < 1.29 is 14.6 Å². The smallest absolute Gasteiger partial charge is 0.123 e. The largest absolute Gasteiger partial charge is 0.496 e. The molecule has 0 amide bonds. The third kappa shape index (κ3) is 5.23. The number of halogens is 1. The number of para-hydroxylation sites is 1. The maximum absolute atomic E-state index is 10.3. The number of hydrogen-bond acceptors (Lipinski definition) is 4. The van der Waals surface area contributed by atoms with E-state index in [2.05, 4.69) is 27.8 Å². The predicted octanol–water partition coefficient (Wildman–Crippen LogP) is 3.89. The Kier molecular flexibility index (Phi) is 7.09. The van der Waals surface area contributed by atoms with Crippen molar-refractivity contribution in [2.75, 3.05) is 27.3 Å². The van der Waals surface area contributed by atoms with Crippen LogP contribution in [-0.4, -0.2) is 43.4 Å². The molecule has 0 saturated carbocycles. The predicted molar refractivity (Wildman–Crippen MR) is 99.7 cm³/mol. The fourth-order valence-corrected chi connectivity index (χ4v) is 2.78. The molecule has 130 valence electrons. The van der Waals surface area contributed by atoms with Gasteiger partial charge >= 0.3 is 0 Å². The Morgan fingerprint density at radius 3 is 2.46 bits per heavy atom. The lowest BCUT2D eigenvalue weighted by molar-refractivity contribution is 0.0650. The molecule has 4 nitrogen and oxygen atoms in total. The first-order chi connectivity index (χ1) is 11.5. The van der Waals surface area contributed by atoms with Gasteiger partial charge in [-0.15, -0.1) is 0 Å². The maximum atomic E-state index is 10.3. The first-order valence-corrected chi connectivity index (χ1v) is 8.70. The van der Waals surface area contributed by atoms with E-state index in [9.17, 15) is 5.11 Å². The van der Waals surface area contributed by atoms with Gasteiger partial charge in [-0.25, -0.2) is 0 Å². The zero-order chi connectivity index (χ0) is 17.5. The summed E-state index contributed by atoms with van der Waals surface area (Å²) >= 11 is 3.39. The maximum Gasteiger partial charge on any atom is 0.123 e. The summed E-state index contributed by atoms with van der Waals surface area (Å²) < 4.78 is 12.1. The van der Waals surface area contributed by atoms with Crippen LogP contribution in [0.3, 0.4) is 0 Å². The molecule has 0 radical (unpaired) electrons. The van der Waals surface area contributed by atoms with Crippen LogP contribution in [0.15, 0.2) is 53.0 Å². The Morgan fingerprint density at radius 2 is 1.79 bits per heavy atom. The van der Waals surface area contributed by atoms with Gasteiger partial charge in [0.15, 0.2) is 0 Å². The molecular formula is C19H24BrNO3. The van der Waals surface area contributed by atoms with E-state index in [1.165, 1.54) is 0 Å². The molecule has 0 bridgehead atoms. The monoisotopic (exact) mass is 393 g/mol. The van der Waals surface area contributed by atoms with Gasteiger partial charge in [0.25, 0.3) is 0 Å². The summed E-state index contributed by atoms with van der Waals surface area (Å²) in [4.78, 5) is 2.09. The minimum absolute atomic E-state index is 0.128. The zero-order valence-electron chi connectivity index (χ0n) is 14.3. The van der Waals surface area contributed by atoms with Gasteiger partial charge in [-0.2, -0.15) is 0 Å². The van der Waals surface area contributed by atoms with Gasteiger partial charge in [0.1, 0.15) is 24.2 Å². The molecule has 0 aromatic heterocycles. The van der Waals surface area contributed by atoms with E-state index in [0.29, 0.717) is 6.54 Å². The molecule has 0 aliphatic carbocycles. The van der Waals surface area contributed by atoms with Gasteiger partial charge in [0.2, 0.25) is 0 Å². The van der Waals surface area contributed by atoms with Gasteiger partial charge in [-0.1, -0.05) is 34.1 Å². The number of aliphatic hydroxyl groups is 1. The lowest BCUT2D eigenvalue weighted by atomic mass is 10.1. The van der Waals surface area contributed by atoms with Crippen molar-refractivity contribution in [3.8, 4) is 11.5 Å². The molecule has 0 aliphatic rings. The molecule has 2 atom stereocenters. The average Bonchev–Trinajstić information content (AvgIpc) is 2.60. The molecule has 2 aromatic carbocycles. The molecule has 2 unspecified atom stereocenters. The van der Waals surface area contributed by atoms with Gasteiger partial charge in [0.05, 0.1) is 7.11 Å². The third-order valence-corrected chi connectivity index (χ3v) is 4.53. The van der Waals surface area contributed by atoms with E-state index in [1.807, 2.05) is 55.6 Å². The van der Waals surface area contributed by atoms with Crippen LogP contribution in [0.2, 0.25) is 0 Å². The van der Waals surface area contributed by atoms with E-state index in [1.54, 1.807) is 7.11 Å². The first kappa shape index (κ1) is 18.8. The van der Waals surface area contributed by atoms with Crippen molar-refractivity contribution in [3.63, 3.8) is 0 Å². The molecule has 0 spiro atoms. The van der Waals surface area contributed by atoms with Gasteiger partial charge in [-0.3, -0.25) is 4.90 Å². The number of ether oxygens (including phenoxy) is 2. The summed E-state index contributed by atoms with van der Waals surface area (Å²) in [5, 5.41) is 10.3. The van der Waals surface area contributed by atoms with Crippen molar-refractivity contribution in [1.29, 1.82) is 0 Å². The SMILES string of the molecule is COc1ccccc1C(C)N(C)CC(O)COc1ccc(Br)cc1. The summed E-state index contributed by atoms with van der Waals surface area (Å²) in [6, 6.07) is 15.6. The number of nitrogens with zero attached hydrogens (tertiary/aromatic N) is 1. The van der Waals surface area contributed by atoms with Crippen LogP contribution < -0.4 is 9.47 Å². The van der Waals surface area contributed by atoms with Crippen molar-refractivity contribution in [2.45, 2.75) is 19.1 Å². The van der Waals surface area contributed by atoms with Crippen molar-refractivity contribution in [1.82, 2.24) is 4.90 Å². The van der Waals surface area contributed by atoms with Crippen LogP contribution in [0.5, 0.6) is 11.5 Å². The summed E-state index contributed by atoms with van der Waals surface area (Å²) in [6.45, 7) is 2.86. The number of rotatable bonds is 8. The highest BCUT2D eigenvalue weighted by molar-refractivity contribution is 9.10. The molecule has 24 heavy (non-hydrogen) atoms. The number of benzene rings is 2. The standard InChI is InChI=1S/C19H24BrNO3/c1-14(18-6-4-5-7-19(18)23-3)21(2)12-16(22)13-24-17-10-8-15(20)9-11-17/h4-11,14,16,22H,12-13H2,1-3H3. The fraction of sp³-hybridized carbons (Fsp3) is 0.368. The van der Waals surface area contributed by atoms with Crippen LogP contribution in [0, 0.1) is 0 Å². The minimum atomic E-state index is -0.573. The second-order valence-corrected chi connectivity index (χ2v) is 6.69. The number of likely N-dealkylation sites (N-methyl/N-ethyl adjacent to an activating group) is 1. The Labute approximate surface area is 152 Å². The molecule has 0 fully saturated rings. The van der Waals surface area contributed by atoms with Gasteiger partial charge < -0.3 is 14.6 Å². The average molecular weight is 394 g/mol. The minimum Gasteiger partial charge on any atom is -0.496 e. The first-order valence-electron chi connectivity index (χ1n) is 7.91. The van der Waals surface area contributed by atoms with Gasteiger partial charge in [-0.05, 0) is 44.3 Å². The molecule has 1 N–H and O–H groups in total. The van der Waals surface area contributed by atoms with E-state index in [4.69, 9.17) is 9.47 Å². The normalized spacial score (nSPS) is 13.6. The van der Waals surface area contributed by atoms with E-state index < -0.39 is 6.10 Å². The number of aliphatic hydroxyl groups excluding tert-OH is 1. The Morgan fingerprint density at radius 1 is 1.12 bits per heavy atom. The van der Waals surface area contributed by atoms with Crippen LogP contribution in [-0.2, 0) is 0 Å². The second-order valence-electron chi connectivity index (χ2n) is 5.78. The number of methoxy groups -OCH3 is 1. The van der Waals surface area contributed by atoms with Crippen molar-refractivity contribution in [2.24, 2.45) is 0 Å². The van der Waals surface area contributed by atoms with Crippen molar-refractivity contribution in [3.05, 3.63) is 58.6 Å². The van der Waals surface area contributed by atoms with E-state index in [0.717, 1.165) is 21.5 Å². The summed E-state index contributed by atoms with van der Waals surface area (Å²) in [5.41, 5.74) is 1.10. The molecule has 5 heteroatoms. The topological polar surface area (TPSA) is 41.9 Å². The van der Waals surface area contributed by atoms with E-state index >= 15 is 0 Å². The molecule has 0 saturated heterocycles. The van der Waals surface area contributed by atoms with Crippen LogP contribution in [0.1, 0.15) is 18.5 Å². The number of hydrogen-bond donors (Lipinski definition) is 1. The second kappa shape index (κ2) is 9.06. The molecular weight excluding hydrogens is 370 g/mol. The molecule has 2 aromatic rings. The highest BCUT2D eigenvalue weighted by Crippen LogP contribution is 2.28. The van der Waals surface area contributed by atoms with Crippen LogP contribution >= 0.6 is 15.9 Å². The summed E-state index contributed by atoms with van der Waals surface area (Å²) in [7, 11) is 3.66. The van der Waals surface area contributed by atoms with E-state index in [-0.39, 0.29) is 12.6 Å². The fourth-order valence-electron chi connectivity index (χ4n) is 2.52. The summed E-state index contributed by atoms with van der Waals surface area (Å²) in [5.74, 6) is 1.61. The lowest BCUT2D eigenvalue weighted by Gasteiger charge is -2.28. The molecule has 0 heterocycles. The highest BCUT2D eigenvalue weighted by atomic mass is 79.9. The molecule has 0 aliphatic heterocycles. The highest BCUT2D eigenvalue weighted by Gasteiger charge is 2.18. The van der Waals surface area contributed by atoms with Crippen LogP contribution in [0.25, 0.3) is 0 Å².